The fourth-order valence-corrected chi connectivity index (χ4v) is 8.18. The summed E-state index contributed by atoms with van der Waals surface area (Å²) in [6.45, 7) is 3.02. The van der Waals surface area contributed by atoms with Crippen LogP contribution in [-0.2, 0) is 38.8 Å². The van der Waals surface area contributed by atoms with Crippen molar-refractivity contribution >= 4 is 113 Å². The summed E-state index contributed by atoms with van der Waals surface area (Å²) in [6.07, 6.45) is 3.18. The average molecular weight is 1600 g/mol. The summed E-state index contributed by atoms with van der Waals surface area (Å²) >= 11 is 11.9. The van der Waals surface area contributed by atoms with Crippen molar-refractivity contribution in [1.29, 1.82) is 0 Å². The molecule has 4 aliphatic rings. The van der Waals surface area contributed by atoms with Gasteiger partial charge >= 0.3 is 90.3 Å². The third-order valence-electron chi connectivity index (χ3n) is 10.7. The summed E-state index contributed by atoms with van der Waals surface area (Å²) in [5, 5.41) is 20.2. The van der Waals surface area contributed by atoms with Gasteiger partial charge in [-0.3, -0.25) is 9.80 Å². The SMILES string of the molecule is COc1cc2c(cc1O)[C@@H]1Cc3ccc(O)c(OC)c3CN1CC2.II(I)I(I)I.[2H]C([2H])([2H])I.[2H]C([2H])([2H])Oc1cc2c(cc1OC)CCN1Cc3c(ccc(OC([2H])([2H])[2H])c3OC)C[C@@H]21. The molecule has 4 aromatic carbocycles. The summed E-state index contributed by atoms with van der Waals surface area (Å²) in [5.74, 6) is 2.71. The van der Waals surface area contributed by atoms with E-state index in [1.165, 1.54) is 47.9 Å². The number of alkyl halides is 1. The maximum Gasteiger partial charge on any atom is 0.165 e. The first-order valence-corrected chi connectivity index (χ1v) is 50.1. The van der Waals surface area contributed by atoms with Crippen molar-refractivity contribution in [2.24, 2.45) is 0 Å². The molecule has 320 valence electrons. The molecule has 17 heteroatoms. The van der Waals surface area contributed by atoms with Gasteiger partial charge in [0.2, 0.25) is 0 Å². The summed E-state index contributed by atoms with van der Waals surface area (Å²) in [7, 11) is 0.387. The fraction of sp³-hybridized carbons (Fsp3) is 0.415. The smallest absolute Gasteiger partial charge is 0.165 e. The molecular formula is C41H49I7N2O8. The maximum atomic E-state index is 10.2. The number of benzene rings is 4. The number of hydrogen-bond donors (Lipinski definition) is 2. The third kappa shape index (κ3) is 11.1. The minimum absolute atomic E-state index is 0.0233. The Morgan fingerprint density at radius 1 is 0.586 bits per heavy atom. The van der Waals surface area contributed by atoms with Crippen molar-refractivity contribution in [1.82, 2.24) is 9.80 Å². The van der Waals surface area contributed by atoms with Crippen LogP contribution in [0.2, 0.25) is 0 Å². The van der Waals surface area contributed by atoms with Gasteiger partial charge in [0.1, 0.15) is 0 Å². The molecule has 0 bridgehead atoms. The Balaban J connectivity index is 0.000000210. The maximum absolute atomic E-state index is 10.2. The number of phenols is 2. The van der Waals surface area contributed by atoms with Gasteiger partial charge < -0.3 is 38.6 Å². The van der Waals surface area contributed by atoms with E-state index in [1.54, 1.807) is 32.4 Å². The molecule has 4 aromatic rings. The molecule has 0 saturated carbocycles. The van der Waals surface area contributed by atoms with E-state index in [2.05, 4.69) is 84.3 Å². The number of methoxy groups -OCH3 is 6. The Morgan fingerprint density at radius 2 is 1.07 bits per heavy atom. The monoisotopic (exact) mass is 1590 g/mol. The zero-order valence-electron chi connectivity index (χ0n) is 40.8. The Morgan fingerprint density at radius 3 is 1.59 bits per heavy atom. The Labute approximate surface area is 418 Å². The summed E-state index contributed by atoms with van der Waals surface area (Å²) < 4.78 is 95.3. The van der Waals surface area contributed by atoms with Crippen molar-refractivity contribution < 1.29 is 51.0 Å². The molecule has 2 atom stereocenters. The molecule has 4 heterocycles. The second kappa shape index (κ2) is 23.3. The minimum atomic E-state index is -2.58. The molecule has 0 fully saturated rings. The van der Waals surface area contributed by atoms with Crippen LogP contribution < -0.4 is 28.4 Å². The van der Waals surface area contributed by atoms with Crippen LogP contribution in [0.3, 0.4) is 0 Å². The minimum Gasteiger partial charge on any atom is -0.493 e. The molecular weight excluding hydrogens is 1540 g/mol. The molecule has 8 rings (SSSR count). The van der Waals surface area contributed by atoms with Crippen LogP contribution in [0.5, 0.6) is 46.0 Å². The summed E-state index contributed by atoms with van der Waals surface area (Å²) in [5.41, 5.74) is 8.69. The van der Waals surface area contributed by atoms with Crippen LogP contribution in [0, 0.1) is 0 Å². The van der Waals surface area contributed by atoms with E-state index < -0.39 is 18.9 Å². The first-order valence-electron chi connectivity index (χ1n) is 22.0. The Bertz CT molecular complexity index is 2350. The number of fused-ring (bicyclic) bond motifs is 8. The van der Waals surface area contributed by atoms with E-state index in [0.29, 0.717) is 36.0 Å². The van der Waals surface area contributed by atoms with Gasteiger partial charge in [0.05, 0.1) is 50.7 Å². The van der Waals surface area contributed by atoms with E-state index >= 15 is 0 Å². The molecule has 58 heavy (non-hydrogen) atoms. The van der Waals surface area contributed by atoms with Gasteiger partial charge in [0.25, 0.3) is 0 Å². The zero-order valence-corrected chi connectivity index (χ0v) is 46.9. The van der Waals surface area contributed by atoms with Gasteiger partial charge in [0.15, 0.2) is 46.0 Å². The number of halogens is 7. The van der Waals surface area contributed by atoms with Crippen LogP contribution in [-0.4, -0.2) is 80.5 Å². The molecule has 0 aliphatic carbocycles. The summed E-state index contributed by atoms with van der Waals surface area (Å²) in [4.78, 5) is 2.88. The molecule has 2 N–H and O–H groups in total. The standard InChI is InChI=1S/C21H25NO4.C19H21NO4.CH3I.I6/c1-23-18-6-5-13-9-17-15-11-20(25-3)19(24-2)10-14(15)7-8-22(17)12-16(13)21(18)26-4;1-23-18-8-12-5-6-20-10-14-11(3-4-16(21)19(14)24-2)7-15(20)13(12)9-17(18)22;1-2;1-5(2)6(3)4/h5-6,10-11,17H,7-9,12H2,1-4H3;3-4,8-9,15,21-22H,5-7,10H2,1-2H3;1H3;/t17-;15-;;/m00../s1/i1D3,3D3;;1D3;. The fourth-order valence-electron chi connectivity index (χ4n) is 8.18. The van der Waals surface area contributed by atoms with Crippen molar-refractivity contribution in [3.8, 4) is 46.0 Å². The molecule has 0 unspecified atom stereocenters. The second-order valence-electron chi connectivity index (χ2n) is 13.3. The quantitative estimate of drug-likeness (QED) is 0.137. The van der Waals surface area contributed by atoms with Gasteiger partial charge in [-0.25, -0.2) is 0 Å². The predicted octanol–water partition coefficient (Wildman–Crippen LogP) is 12.5. The normalized spacial score (nSPS) is 20.7. The first kappa shape index (κ1) is 37.7. The van der Waals surface area contributed by atoms with Crippen LogP contribution in [0.4, 0.5) is 0 Å². The zero-order chi connectivity index (χ0) is 49.8. The van der Waals surface area contributed by atoms with Gasteiger partial charge in [-0.2, -0.15) is 0 Å². The molecule has 4 aliphatic heterocycles. The number of rotatable bonds is 7. The topological polar surface area (TPSA) is 102 Å². The van der Waals surface area contributed by atoms with Crippen molar-refractivity contribution in [3.05, 3.63) is 93.0 Å². The molecule has 10 nitrogen and oxygen atoms in total. The van der Waals surface area contributed by atoms with Crippen molar-refractivity contribution in [2.45, 2.75) is 50.9 Å². The van der Waals surface area contributed by atoms with Crippen LogP contribution >= 0.6 is 113 Å². The molecule has 0 amide bonds. The Hall–Kier alpha value is 0.310. The van der Waals surface area contributed by atoms with Gasteiger partial charge in [-0.1, -0.05) is 34.7 Å². The number of phenolic OH excluding ortho intramolecular Hbond substituents is 2. The van der Waals surface area contributed by atoms with Crippen molar-refractivity contribution in [3.63, 3.8) is 0 Å². The molecule has 0 saturated heterocycles. The van der Waals surface area contributed by atoms with Crippen LogP contribution in [0.1, 0.15) is 68.9 Å². The largest absolute Gasteiger partial charge is 0.493 e. The van der Waals surface area contributed by atoms with E-state index in [9.17, 15) is 10.2 Å². The first-order chi connectivity index (χ1) is 31.2. The van der Waals surface area contributed by atoms with E-state index in [-0.39, 0.29) is 50.9 Å². The van der Waals surface area contributed by atoms with E-state index in [1.807, 2.05) is 30.3 Å². The number of aromatic hydroxyl groups is 2. The molecule has 0 aromatic heterocycles. The average Bonchev–Trinajstić information content (AvgIpc) is 3.23. The van der Waals surface area contributed by atoms with Crippen molar-refractivity contribution in [2.75, 3.05) is 60.5 Å². The summed E-state index contributed by atoms with van der Waals surface area (Å²) in [6, 6.07) is 14.8. The van der Waals surface area contributed by atoms with Crippen LogP contribution in [0.25, 0.3) is 0 Å². The third-order valence-corrected chi connectivity index (χ3v) is 176. The number of ether oxygens (including phenoxy) is 6. The van der Waals surface area contributed by atoms with Gasteiger partial charge in [0, 0.05) is 53.5 Å². The number of nitrogens with zero attached hydrogens (tertiary/aromatic N) is 2. The Kier molecular flexibility index (Phi) is 15.1. The van der Waals surface area contributed by atoms with Gasteiger partial charge in [-0.05, 0) is 100 Å². The van der Waals surface area contributed by atoms with Crippen LogP contribution in [0.15, 0.2) is 48.5 Å². The van der Waals surface area contributed by atoms with E-state index in [0.717, 1.165) is 72.3 Å². The molecule has 0 spiro atoms. The number of hydrogen-bond acceptors (Lipinski definition) is 10. The van der Waals surface area contributed by atoms with E-state index in [4.69, 9.17) is 40.8 Å². The second-order valence-corrected chi connectivity index (χ2v) is 111. The predicted molar refractivity (Wildman–Crippen MR) is 294 cm³/mol. The molecule has 0 radical (unpaired) electrons. The van der Waals surface area contributed by atoms with Gasteiger partial charge in [-0.15, -0.1) is 0 Å².